The van der Waals surface area contributed by atoms with Crippen LogP contribution in [0.1, 0.15) is 12.5 Å². The van der Waals surface area contributed by atoms with Crippen LogP contribution in [0.5, 0.6) is 0 Å². The molecule has 98 valence electrons. The number of nitrogen functional groups attached to an aromatic ring is 1. The zero-order valence-electron chi connectivity index (χ0n) is 10.8. The van der Waals surface area contributed by atoms with Gasteiger partial charge < -0.3 is 15.8 Å². The lowest BCUT2D eigenvalue weighted by Gasteiger charge is -2.09. The van der Waals surface area contributed by atoms with Gasteiger partial charge in [-0.05, 0) is 29.7 Å². The van der Waals surface area contributed by atoms with E-state index in [0.29, 0.717) is 24.8 Å². The molecule has 0 aromatic heterocycles. The Morgan fingerprint density at radius 1 is 1.44 bits per heavy atom. The molecule has 3 N–H and O–H groups in total. The van der Waals surface area contributed by atoms with Gasteiger partial charge in [0.05, 0.1) is 6.61 Å². The third-order valence-electron chi connectivity index (χ3n) is 2.44. The summed E-state index contributed by atoms with van der Waals surface area (Å²) in [4.78, 5) is 11.5. The Morgan fingerprint density at radius 3 is 2.72 bits per heavy atom. The molecule has 1 rings (SSSR count). The van der Waals surface area contributed by atoms with Crippen LogP contribution in [0.25, 0.3) is 6.08 Å². The number of rotatable bonds is 6. The number of amides is 1. The summed E-state index contributed by atoms with van der Waals surface area (Å²) in [7, 11) is 1.65. The third kappa shape index (κ3) is 5.50. The highest BCUT2D eigenvalue weighted by atomic mass is 16.5. The van der Waals surface area contributed by atoms with Crippen molar-refractivity contribution in [1.82, 2.24) is 5.32 Å². The summed E-state index contributed by atoms with van der Waals surface area (Å²) in [5.74, 6) is 0.207. The fraction of sp³-hybridized carbons (Fsp3) is 0.357. The molecule has 0 aliphatic heterocycles. The van der Waals surface area contributed by atoms with Crippen LogP contribution in [-0.2, 0) is 9.53 Å². The average Bonchev–Trinajstić information content (AvgIpc) is 2.36. The predicted octanol–water partition coefficient (Wildman–Crippen LogP) is 1.68. The summed E-state index contributed by atoms with van der Waals surface area (Å²) in [6.45, 7) is 3.27. The van der Waals surface area contributed by atoms with Gasteiger partial charge in [-0.3, -0.25) is 4.79 Å². The molecular formula is C14H20N2O2. The van der Waals surface area contributed by atoms with Gasteiger partial charge in [-0.1, -0.05) is 19.1 Å². The highest BCUT2D eigenvalue weighted by Gasteiger charge is 2.02. The second kappa shape index (κ2) is 7.50. The van der Waals surface area contributed by atoms with Crippen molar-refractivity contribution in [3.8, 4) is 0 Å². The van der Waals surface area contributed by atoms with E-state index in [-0.39, 0.29) is 5.91 Å². The zero-order chi connectivity index (χ0) is 13.4. The molecule has 0 radical (unpaired) electrons. The number of hydrogen-bond acceptors (Lipinski definition) is 3. The Bertz CT molecular complexity index is 399. The SMILES string of the molecule is COCC(C)CNC(=O)/C=C/c1ccc(N)cc1. The van der Waals surface area contributed by atoms with Crippen molar-refractivity contribution in [2.75, 3.05) is 26.0 Å². The maximum absolute atomic E-state index is 11.5. The Labute approximate surface area is 108 Å². The molecule has 0 heterocycles. The summed E-state index contributed by atoms with van der Waals surface area (Å²) in [5, 5.41) is 2.82. The van der Waals surface area contributed by atoms with E-state index in [2.05, 4.69) is 5.32 Å². The largest absolute Gasteiger partial charge is 0.399 e. The van der Waals surface area contributed by atoms with Gasteiger partial charge in [0.15, 0.2) is 0 Å². The minimum atomic E-state index is -0.102. The molecule has 4 nitrogen and oxygen atoms in total. The van der Waals surface area contributed by atoms with Crippen molar-refractivity contribution in [1.29, 1.82) is 0 Å². The Kier molecular flexibility index (Phi) is 5.94. The minimum Gasteiger partial charge on any atom is -0.399 e. The maximum Gasteiger partial charge on any atom is 0.244 e. The molecule has 0 bridgehead atoms. The van der Waals surface area contributed by atoms with E-state index in [1.54, 1.807) is 25.3 Å². The lowest BCUT2D eigenvalue weighted by molar-refractivity contribution is -0.116. The van der Waals surface area contributed by atoms with E-state index in [1.165, 1.54) is 6.08 Å². The fourth-order valence-electron chi connectivity index (χ4n) is 1.46. The molecule has 1 atom stereocenters. The van der Waals surface area contributed by atoms with Gasteiger partial charge in [-0.25, -0.2) is 0 Å². The highest BCUT2D eigenvalue weighted by Crippen LogP contribution is 2.06. The molecule has 1 unspecified atom stereocenters. The second-order valence-electron chi connectivity index (χ2n) is 4.31. The van der Waals surface area contributed by atoms with Gasteiger partial charge in [0, 0.05) is 25.4 Å². The van der Waals surface area contributed by atoms with Crippen molar-refractivity contribution in [2.24, 2.45) is 5.92 Å². The van der Waals surface area contributed by atoms with Crippen molar-refractivity contribution < 1.29 is 9.53 Å². The molecule has 0 saturated heterocycles. The Balaban J connectivity index is 2.37. The number of nitrogens with one attached hydrogen (secondary N) is 1. The molecule has 4 heteroatoms. The molecule has 0 saturated carbocycles. The first-order valence-electron chi connectivity index (χ1n) is 5.92. The van der Waals surface area contributed by atoms with Crippen molar-refractivity contribution in [2.45, 2.75) is 6.92 Å². The smallest absolute Gasteiger partial charge is 0.244 e. The van der Waals surface area contributed by atoms with Crippen LogP contribution in [-0.4, -0.2) is 26.2 Å². The monoisotopic (exact) mass is 248 g/mol. The predicted molar refractivity (Wildman–Crippen MR) is 73.9 cm³/mol. The van der Waals surface area contributed by atoms with Crippen LogP contribution in [0.4, 0.5) is 5.69 Å². The molecule has 0 aliphatic rings. The lowest BCUT2D eigenvalue weighted by Crippen LogP contribution is -2.28. The van der Waals surface area contributed by atoms with Gasteiger partial charge in [-0.15, -0.1) is 0 Å². The van der Waals surface area contributed by atoms with Gasteiger partial charge >= 0.3 is 0 Å². The molecule has 0 aliphatic carbocycles. The second-order valence-corrected chi connectivity index (χ2v) is 4.31. The van der Waals surface area contributed by atoms with Crippen molar-refractivity contribution in [3.05, 3.63) is 35.9 Å². The summed E-state index contributed by atoms with van der Waals surface area (Å²) >= 11 is 0. The first-order valence-corrected chi connectivity index (χ1v) is 5.92. The Hall–Kier alpha value is -1.81. The van der Waals surface area contributed by atoms with Crippen LogP contribution in [0.2, 0.25) is 0 Å². The van der Waals surface area contributed by atoms with E-state index < -0.39 is 0 Å². The molecule has 0 spiro atoms. The molecule has 18 heavy (non-hydrogen) atoms. The van der Waals surface area contributed by atoms with Crippen LogP contribution in [0.15, 0.2) is 30.3 Å². The van der Waals surface area contributed by atoms with E-state index in [1.807, 2.05) is 19.1 Å². The molecule has 1 aromatic rings. The van der Waals surface area contributed by atoms with Gasteiger partial charge in [0.25, 0.3) is 0 Å². The zero-order valence-corrected chi connectivity index (χ0v) is 10.8. The lowest BCUT2D eigenvalue weighted by atomic mass is 10.2. The highest BCUT2D eigenvalue weighted by molar-refractivity contribution is 5.91. The number of carbonyl (C=O) groups excluding carboxylic acids is 1. The third-order valence-corrected chi connectivity index (χ3v) is 2.44. The van der Waals surface area contributed by atoms with Gasteiger partial charge in [0.1, 0.15) is 0 Å². The number of anilines is 1. The van der Waals surface area contributed by atoms with E-state index in [9.17, 15) is 4.79 Å². The molecule has 0 fully saturated rings. The first kappa shape index (κ1) is 14.3. The van der Waals surface area contributed by atoms with Crippen molar-refractivity contribution in [3.63, 3.8) is 0 Å². The van der Waals surface area contributed by atoms with Crippen LogP contribution in [0, 0.1) is 5.92 Å². The number of carbonyl (C=O) groups is 1. The van der Waals surface area contributed by atoms with Gasteiger partial charge in [-0.2, -0.15) is 0 Å². The summed E-state index contributed by atoms with van der Waals surface area (Å²) in [6.07, 6.45) is 3.28. The summed E-state index contributed by atoms with van der Waals surface area (Å²) in [5.41, 5.74) is 7.24. The normalized spacial score (nSPS) is 12.6. The van der Waals surface area contributed by atoms with Crippen LogP contribution >= 0.6 is 0 Å². The Morgan fingerprint density at radius 2 is 2.11 bits per heavy atom. The standard InChI is InChI=1S/C14H20N2O2/c1-11(10-18-2)9-16-14(17)8-5-12-3-6-13(15)7-4-12/h3-8,11H,9-10,15H2,1-2H3,(H,16,17)/b8-5+. The number of ether oxygens (including phenoxy) is 1. The van der Waals surface area contributed by atoms with E-state index >= 15 is 0 Å². The summed E-state index contributed by atoms with van der Waals surface area (Å²) < 4.78 is 5.00. The number of nitrogens with two attached hydrogens (primary N) is 1. The quantitative estimate of drug-likeness (QED) is 0.594. The molecular weight excluding hydrogens is 228 g/mol. The van der Waals surface area contributed by atoms with Crippen LogP contribution in [0.3, 0.4) is 0 Å². The first-order chi connectivity index (χ1) is 8.61. The van der Waals surface area contributed by atoms with Crippen molar-refractivity contribution >= 4 is 17.7 Å². The fourth-order valence-corrected chi connectivity index (χ4v) is 1.46. The number of benzene rings is 1. The number of methoxy groups -OCH3 is 1. The van der Waals surface area contributed by atoms with Crippen LogP contribution < -0.4 is 11.1 Å². The maximum atomic E-state index is 11.5. The average molecular weight is 248 g/mol. The van der Waals surface area contributed by atoms with E-state index in [0.717, 1.165) is 5.56 Å². The molecule has 1 aromatic carbocycles. The number of hydrogen-bond donors (Lipinski definition) is 2. The summed E-state index contributed by atoms with van der Waals surface area (Å²) in [6, 6.07) is 7.34. The van der Waals surface area contributed by atoms with Gasteiger partial charge in [0.2, 0.25) is 5.91 Å². The molecule has 1 amide bonds. The van der Waals surface area contributed by atoms with E-state index in [4.69, 9.17) is 10.5 Å². The minimum absolute atomic E-state index is 0.102. The topological polar surface area (TPSA) is 64.3 Å².